The van der Waals surface area contributed by atoms with Crippen molar-refractivity contribution >= 4 is 45.8 Å². The molecule has 0 unspecified atom stereocenters. The van der Waals surface area contributed by atoms with E-state index >= 15 is 0 Å². The summed E-state index contributed by atoms with van der Waals surface area (Å²) in [5.41, 5.74) is 1.33. The number of imidazole rings is 1. The summed E-state index contributed by atoms with van der Waals surface area (Å²) >= 11 is 12.0. The number of hydrogen-bond donors (Lipinski definition) is 2. The standard InChI is InChI=1S/C15H11Cl2N3O2/c16-9-4-3-5-10(17)14(9)19-13(21)8-20-12-7-2-1-6-11(12)18-15(20)22/h1-7H,8H2,(H,18,22)(H,19,21). The Hall–Kier alpha value is -2.24. The summed E-state index contributed by atoms with van der Waals surface area (Å²) in [6.45, 7) is -0.135. The van der Waals surface area contributed by atoms with Crippen molar-refractivity contribution in [2.45, 2.75) is 6.54 Å². The Balaban J connectivity index is 1.88. The minimum absolute atomic E-state index is 0.135. The molecule has 2 N–H and O–H groups in total. The zero-order valence-electron chi connectivity index (χ0n) is 11.3. The molecular formula is C15H11Cl2N3O2. The van der Waals surface area contributed by atoms with E-state index in [-0.39, 0.29) is 18.1 Å². The van der Waals surface area contributed by atoms with Crippen molar-refractivity contribution in [3.8, 4) is 0 Å². The van der Waals surface area contributed by atoms with Crippen molar-refractivity contribution < 1.29 is 4.79 Å². The van der Waals surface area contributed by atoms with Crippen LogP contribution < -0.4 is 11.0 Å². The van der Waals surface area contributed by atoms with Gasteiger partial charge in [-0.25, -0.2) is 4.79 Å². The Bertz CT molecular complexity index is 894. The molecule has 0 atom stereocenters. The molecule has 0 aliphatic carbocycles. The lowest BCUT2D eigenvalue weighted by atomic mass is 10.3. The number of aromatic amines is 1. The Kier molecular flexibility index (Phi) is 3.92. The molecule has 1 aromatic heterocycles. The fourth-order valence-corrected chi connectivity index (χ4v) is 2.70. The maximum absolute atomic E-state index is 12.2. The predicted octanol–water partition coefficient (Wildman–Crippen LogP) is 3.28. The van der Waals surface area contributed by atoms with Crippen LogP contribution >= 0.6 is 23.2 Å². The van der Waals surface area contributed by atoms with Gasteiger partial charge in [0.25, 0.3) is 0 Å². The second-order valence-corrected chi connectivity index (χ2v) is 5.49. The zero-order valence-corrected chi connectivity index (χ0v) is 12.8. The van der Waals surface area contributed by atoms with Crippen molar-refractivity contribution in [1.29, 1.82) is 0 Å². The van der Waals surface area contributed by atoms with Crippen LogP contribution in [0.1, 0.15) is 0 Å². The highest BCUT2D eigenvalue weighted by Crippen LogP contribution is 2.29. The molecule has 0 bridgehead atoms. The first-order valence-electron chi connectivity index (χ1n) is 6.47. The molecular weight excluding hydrogens is 325 g/mol. The number of nitrogens with one attached hydrogen (secondary N) is 2. The average molecular weight is 336 g/mol. The SMILES string of the molecule is O=C(Cn1c(=O)[nH]c2ccccc21)Nc1c(Cl)cccc1Cl. The molecule has 0 fully saturated rings. The molecule has 0 saturated carbocycles. The first kappa shape index (κ1) is 14.7. The van der Waals surface area contributed by atoms with E-state index < -0.39 is 0 Å². The van der Waals surface area contributed by atoms with Crippen LogP contribution in [0.4, 0.5) is 5.69 Å². The first-order valence-corrected chi connectivity index (χ1v) is 7.23. The summed E-state index contributed by atoms with van der Waals surface area (Å²) < 4.78 is 1.36. The van der Waals surface area contributed by atoms with Crippen LogP contribution in [-0.4, -0.2) is 15.5 Å². The van der Waals surface area contributed by atoms with Gasteiger partial charge < -0.3 is 10.3 Å². The summed E-state index contributed by atoms with van der Waals surface area (Å²) in [6.07, 6.45) is 0. The second-order valence-electron chi connectivity index (χ2n) is 4.68. The van der Waals surface area contributed by atoms with Gasteiger partial charge in [-0.2, -0.15) is 0 Å². The third-order valence-electron chi connectivity index (χ3n) is 3.21. The van der Waals surface area contributed by atoms with Gasteiger partial charge in [-0.1, -0.05) is 41.4 Å². The van der Waals surface area contributed by atoms with Gasteiger partial charge >= 0.3 is 5.69 Å². The maximum Gasteiger partial charge on any atom is 0.326 e. The van der Waals surface area contributed by atoms with E-state index in [1.54, 1.807) is 36.4 Å². The minimum Gasteiger partial charge on any atom is -0.322 e. The highest BCUT2D eigenvalue weighted by atomic mass is 35.5. The maximum atomic E-state index is 12.2. The number of carbonyl (C=O) groups is 1. The van der Waals surface area contributed by atoms with Crippen LogP contribution in [0.3, 0.4) is 0 Å². The van der Waals surface area contributed by atoms with E-state index in [1.165, 1.54) is 4.57 Å². The number of aromatic nitrogens is 2. The smallest absolute Gasteiger partial charge is 0.322 e. The molecule has 0 aliphatic heterocycles. The van der Waals surface area contributed by atoms with Crippen LogP contribution in [0.25, 0.3) is 11.0 Å². The lowest BCUT2D eigenvalue weighted by Crippen LogP contribution is -2.26. The van der Waals surface area contributed by atoms with Gasteiger partial charge in [0.1, 0.15) is 6.54 Å². The molecule has 112 valence electrons. The Morgan fingerprint density at radius 2 is 1.77 bits per heavy atom. The van der Waals surface area contributed by atoms with Gasteiger partial charge in [-0.3, -0.25) is 9.36 Å². The number of para-hydroxylation sites is 3. The largest absolute Gasteiger partial charge is 0.326 e. The highest BCUT2D eigenvalue weighted by Gasteiger charge is 2.13. The van der Waals surface area contributed by atoms with Gasteiger partial charge in [0, 0.05) is 0 Å². The quantitative estimate of drug-likeness (QED) is 0.771. The van der Waals surface area contributed by atoms with Crippen molar-refractivity contribution in [1.82, 2.24) is 9.55 Å². The minimum atomic E-state index is -0.387. The molecule has 3 rings (SSSR count). The molecule has 0 saturated heterocycles. The fourth-order valence-electron chi connectivity index (χ4n) is 2.20. The van der Waals surface area contributed by atoms with E-state index in [0.29, 0.717) is 26.8 Å². The summed E-state index contributed by atoms with van der Waals surface area (Å²) in [5, 5.41) is 3.31. The molecule has 2 aromatic carbocycles. The molecule has 0 radical (unpaired) electrons. The molecule has 7 heteroatoms. The number of H-pyrrole nitrogens is 1. The van der Waals surface area contributed by atoms with Gasteiger partial charge in [-0.15, -0.1) is 0 Å². The normalized spacial score (nSPS) is 10.8. The summed E-state index contributed by atoms with van der Waals surface area (Å²) in [6, 6.07) is 12.1. The Morgan fingerprint density at radius 1 is 1.09 bits per heavy atom. The van der Waals surface area contributed by atoms with Gasteiger partial charge in [0.05, 0.1) is 26.8 Å². The average Bonchev–Trinajstić information content (AvgIpc) is 2.79. The van der Waals surface area contributed by atoms with Crippen LogP contribution in [0.5, 0.6) is 0 Å². The van der Waals surface area contributed by atoms with Crippen LogP contribution in [0, 0.1) is 0 Å². The van der Waals surface area contributed by atoms with Gasteiger partial charge in [0.2, 0.25) is 5.91 Å². The van der Waals surface area contributed by atoms with E-state index in [2.05, 4.69) is 10.3 Å². The number of anilines is 1. The third-order valence-corrected chi connectivity index (χ3v) is 3.84. The number of amides is 1. The van der Waals surface area contributed by atoms with Crippen molar-refractivity contribution in [2.75, 3.05) is 5.32 Å². The zero-order chi connectivity index (χ0) is 15.7. The molecule has 22 heavy (non-hydrogen) atoms. The Morgan fingerprint density at radius 3 is 2.50 bits per heavy atom. The van der Waals surface area contributed by atoms with Crippen LogP contribution in [0.2, 0.25) is 10.0 Å². The number of benzene rings is 2. The summed E-state index contributed by atoms with van der Waals surface area (Å²) in [7, 11) is 0. The number of fused-ring (bicyclic) bond motifs is 1. The summed E-state index contributed by atoms with van der Waals surface area (Å²) in [5.74, 6) is -0.387. The van der Waals surface area contributed by atoms with Gasteiger partial charge in [-0.05, 0) is 24.3 Å². The lowest BCUT2D eigenvalue weighted by Gasteiger charge is -2.09. The van der Waals surface area contributed by atoms with Crippen molar-refractivity contribution in [2.24, 2.45) is 0 Å². The highest BCUT2D eigenvalue weighted by molar-refractivity contribution is 6.39. The fraction of sp³-hybridized carbons (Fsp3) is 0.0667. The second kappa shape index (κ2) is 5.87. The van der Waals surface area contributed by atoms with E-state index in [4.69, 9.17) is 23.2 Å². The lowest BCUT2D eigenvalue weighted by molar-refractivity contribution is -0.116. The van der Waals surface area contributed by atoms with E-state index in [1.807, 2.05) is 6.07 Å². The topological polar surface area (TPSA) is 66.9 Å². The number of rotatable bonds is 3. The molecule has 5 nitrogen and oxygen atoms in total. The van der Waals surface area contributed by atoms with Crippen molar-refractivity contribution in [3.05, 3.63) is 63.0 Å². The molecule has 1 heterocycles. The number of nitrogens with zero attached hydrogens (tertiary/aromatic N) is 1. The first-order chi connectivity index (χ1) is 10.6. The molecule has 0 spiro atoms. The monoisotopic (exact) mass is 335 g/mol. The number of carbonyl (C=O) groups excluding carboxylic acids is 1. The molecule has 3 aromatic rings. The van der Waals surface area contributed by atoms with Crippen LogP contribution in [-0.2, 0) is 11.3 Å². The third kappa shape index (κ3) is 2.73. The van der Waals surface area contributed by atoms with Gasteiger partial charge in [0.15, 0.2) is 0 Å². The van der Waals surface area contributed by atoms with Crippen LogP contribution in [0.15, 0.2) is 47.3 Å². The number of hydrogen-bond acceptors (Lipinski definition) is 2. The number of halogens is 2. The predicted molar refractivity (Wildman–Crippen MR) is 87.7 cm³/mol. The molecule has 1 amide bonds. The Labute approximate surface area is 135 Å². The van der Waals surface area contributed by atoms with E-state index in [9.17, 15) is 9.59 Å². The van der Waals surface area contributed by atoms with E-state index in [0.717, 1.165) is 0 Å². The summed E-state index contributed by atoms with van der Waals surface area (Å²) in [4.78, 5) is 26.8. The molecule has 0 aliphatic rings. The van der Waals surface area contributed by atoms with Crippen molar-refractivity contribution in [3.63, 3.8) is 0 Å².